The number of nitrogens with two attached hydrogens (primary N) is 1. The van der Waals surface area contributed by atoms with Gasteiger partial charge in [0.05, 0.1) is 23.6 Å². The summed E-state index contributed by atoms with van der Waals surface area (Å²) in [6.07, 6.45) is -0.0276. The molecule has 3 aliphatic carbocycles. The molecule has 38 heavy (non-hydrogen) atoms. The van der Waals surface area contributed by atoms with Gasteiger partial charge in [-0.25, -0.2) is 0 Å². The number of benzene rings is 1. The van der Waals surface area contributed by atoms with Gasteiger partial charge in [0.25, 0.3) is 5.91 Å². The number of hydrogen-bond donors (Lipinski definition) is 6. The molecule has 1 fully saturated rings. The highest BCUT2D eigenvalue weighted by Gasteiger charge is 2.68. The van der Waals surface area contributed by atoms with Gasteiger partial charge >= 0.3 is 0 Å². The van der Waals surface area contributed by atoms with Crippen molar-refractivity contribution in [3.8, 4) is 5.75 Å². The molecule has 4 rings (SSSR count). The van der Waals surface area contributed by atoms with Gasteiger partial charge in [0.1, 0.15) is 22.8 Å². The van der Waals surface area contributed by atoms with Crippen LogP contribution in [0.25, 0.3) is 5.76 Å². The Kier molecular flexibility index (Phi) is 6.54. The van der Waals surface area contributed by atoms with Gasteiger partial charge in [-0.15, -0.1) is 0 Å². The van der Waals surface area contributed by atoms with Crippen molar-refractivity contribution in [2.24, 2.45) is 17.6 Å². The van der Waals surface area contributed by atoms with Gasteiger partial charge in [0, 0.05) is 17.1 Å². The number of primary amides is 1. The van der Waals surface area contributed by atoms with Crippen LogP contribution in [0.3, 0.4) is 0 Å². The van der Waals surface area contributed by atoms with Crippen molar-refractivity contribution >= 4 is 23.2 Å². The molecule has 10 nitrogen and oxygen atoms in total. The van der Waals surface area contributed by atoms with Gasteiger partial charge in [-0.2, -0.15) is 0 Å². The number of rotatable bonds is 5. The maximum Gasteiger partial charge on any atom is 0.255 e. The Labute approximate surface area is 221 Å². The summed E-state index contributed by atoms with van der Waals surface area (Å²) in [5.41, 5.74) is 1.71. The number of likely N-dealkylation sites (N-methyl/N-ethyl adjacent to an activating group) is 1. The number of amides is 1. The summed E-state index contributed by atoms with van der Waals surface area (Å²) in [5, 5.41) is 57.2. The zero-order chi connectivity index (χ0) is 28.6. The van der Waals surface area contributed by atoms with Gasteiger partial charge in [-0.1, -0.05) is 46.2 Å². The number of fused-ring (bicyclic) bond motifs is 3. The fraction of sp³-hybridized carbons (Fsp3) is 0.536. The number of aliphatic hydroxyl groups excluding tert-OH is 3. The monoisotopic (exact) mass is 528 g/mol. The standard InChI is InChI=1S/C28H36N2O8/c1-7-10-27(3,4)13-9-8-12-11(2)14-16(21(32)15(12)20(13)31)24(35)28(38)18(22(14)33)19(30(5)6)23(34)17(25(28)36)26(29)37/h8-9,11,14,18-19,22,31-33,36,38H,7,10H2,1-6H3,(H2,29,37)/t11-,14+,18+,19-,22-,28-/m1/s1. The van der Waals surface area contributed by atoms with Gasteiger partial charge in [0.2, 0.25) is 5.78 Å². The SMILES string of the molecule is CCCC(C)(C)c1ccc2c(c1O)C(O)=C1C(=O)[C@@]3(O)C(O)=C(C(N)=O)C(=O)[C@H](N(C)C)[C@H]3[C@H](O)[C@H]1[C@@H]2C. The molecule has 10 heteroatoms. The second-order valence-corrected chi connectivity index (χ2v) is 11.6. The minimum absolute atomic E-state index is 0.0164. The highest BCUT2D eigenvalue weighted by molar-refractivity contribution is 6.24. The summed E-state index contributed by atoms with van der Waals surface area (Å²) in [6, 6.07) is 2.14. The normalized spacial score (nSPS) is 31.3. The lowest BCUT2D eigenvalue weighted by molar-refractivity contribution is -0.169. The van der Waals surface area contributed by atoms with E-state index in [1.807, 2.05) is 20.8 Å². The van der Waals surface area contributed by atoms with Crippen molar-refractivity contribution in [1.29, 1.82) is 0 Å². The number of aliphatic hydroxyl groups is 4. The Morgan fingerprint density at radius 3 is 2.29 bits per heavy atom. The zero-order valence-corrected chi connectivity index (χ0v) is 22.4. The van der Waals surface area contributed by atoms with Gasteiger partial charge < -0.3 is 31.3 Å². The molecule has 0 bridgehead atoms. The van der Waals surface area contributed by atoms with E-state index in [0.717, 1.165) is 12.8 Å². The first-order valence-corrected chi connectivity index (χ1v) is 12.7. The summed E-state index contributed by atoms with van der Waals surface area (Å²) in [5.74, 6) is -8.79. The third kappa shape index (κ3) is 3.47. The highest BCUT2D eigenvalue weighted by Crippen LogP contribution is 2.57. The average Bonchev–Trinajstić information content (AvgIpc) is 2.80. The number of phenols is 1. The van der Waals surface area contributed by atoms with Crippen LogP contribution >= 0.6 is 0 Å². The lowest BCUT2D eigenvalue weighted by Crippen LogP contribution is -2.70. The quantitative estimate of drug-likeness (QED) is 0.309. The number of hydrogen-bond acceptors (Lipinski definition) is 9. The Morgan fingerprint density at radius 2 is 1.76 bits per heavy atom. The first kappa shape index (κ1) is 27.8. The molecule has 3 aliphatic rings. The highest BCUT2D eigenvalue weighted by atomic mass is 16.4. The Bertz CT molecular complexity index is 1310. The second-order valence-electron chi connectivity index (χ2n) is 11.6. The number of nitrogens with zero attached hydrogens (tertiary/aromatic N) is 1. The van der Waals surface area contributed by atoms with Crippen LogP contribution in [0.15, 0.2) is 29.0 Å². The van der Waals surface area contributed by atoms with Crippen LogP contribution in [-0.2, 0) is 19.8 Å². The van der Waals surface area contributed by atoms with Crippen molar-refractivity contribution in [2.45, 2.75) is 69.6 Å². The molecule has 0 spiro atoms. The number of Topliss-reactive ketones (excluding diaryl/α,β-unsaturated/α-hetero) is 2. The van der Waals surface area contributed by atoms with Crippen molar-refractivity contribution in [3.05, 3.63) is 45.7 Å². The number of aromatic hydroxyl groups is 1. The summed E-state index contributed by atoms with van der Waals surface area (Å²) < 4.78 is 0. The van der Waals surface area contributed by atoms with E-state index in [1.165, 1.54) is 19.0 Å². The van der Waals surface area contributed by atoms with Crippen LogP contribution in [-0.4, -0.2) is 79.7 Å². The Balaban J connectivity index is 2.03. The molecule has 1 aromatic carbocycles. The van der Waals surface area contributed by atoms with Crippen molar-refractivity contribution < 1.29 is 39.9 Å². The smallest absolute Gasteiger partial charge is 0.255 e. The minimum Gasteiger partial charge on any atom is -0.508 e. The molecule has 0 radical (unpaired) electrons. The summed E-state index contributed by atoms with van der Waals surface area (Å²) in [7, 11) is 2.95. The fourth-order valence-electron chi connectivity index (χ4n) is 6.92. The van der Waals surface area contributed by atoms with Crippen LogP contribution in [0.5, 0.6) is 5.75 Å². The molecule has 6 atom stereocenters. The predicted molar refractivity (Wildman–Crippen MR) is 138 cm³/mol. The Hall–Kier alpha value is -3.21. The topological polar surface area (TPSA) is 182 Å². The number of carbonyl (C=O) groups excluding carboxylic acids is 3. The van der Waals surface area contributed by atoms with Crippen LogP contribution in [0.1, 0.15) is 63.1 Å². The molecular weight excluding hydrogens is 492 g/mol. The van der Waals surface area contributed by atoms with E-state index in [9.17, 15) is 39.9 Å². The number of ketones is 2. The average molecular weight is 529 g/mol. The van der Waals surface area contributed by atoms with Crippen molar-refractivity contribution in [1.82, 2.24) is 4.90 Å². The molecule has 7 N–H and O–H groups in total. The van der Waals surface area contributed by atoms with Crippen LogP contribution in [0, 0.1) is 11.8 Å². The summed E-state index contributed by atoms with van der Waals surface area (Å²) >= 11 is 0. The summed E-state index contributed by atoms with van der Waals surface area (Å²) in [4.78, 5) is 40.7. The molecule has 0 unspecified atom stereocenters. The van der Waals surface area contributed by atoms with E-state index in [2.05, 4.69) is 0 Å². The first-order valence-electron chi connectivity index (χ1n) is 12.7. The van der Waals surface area contributed by atoms with E-state index < -0.39 is 75.5 Å². The van der Waals surface area contributed by atoms with Crippen molar-refractivity contribution in [2.75, 3.05) is 14.1 Å². The number of carbonyl (C=O) groups is 3. The van der Waals surface area contributed by atoms with Crippen LogP contribution < -0.4 is 5.73 Å². The van der Waals surface area contributed by atoms with Crippen LogP contribution in [0.2, 0.25) is 0 Å². The van der Waals surface area contributed by atoms with Gasteiger partial charge in [-0.05, 0) is 37.4 Å². The van der Waals surface area contributed by atoms with E-state index >= 15 is 0 Å². The zero-order valence-electron chi connectivity index (χ0n) is 22.4. The Morgan fingerprint density at radius 1 is 1.16 bits per heavy atom. The molecule has 0 aliphatic heterocycles. The maximum absolute atomic E-state index is 14.0. The maximum atomic E-state index is 14.0. The third-order valence-corrected chi connectivity index (χ3v) is 8.73. The molecular formula is C28H36N2O8. The second kappa shape index (κ2) is 8.93. The minimum atomic E-state index is -2.92. The molecule has 0 saturated heterocycles. The molecule has 1 aromatic rings. The van der Waals surface area contributed by atoms with Crippen LogP contribution in [0.4, 0.5) is 0 Å². The van der Waals surface area contributed by atoms with Gasteiger partial charge in [0.15, 0.2) is 11.4 Å². The van der Waals surface area contributed by atoms with E-state index in [0.29, 0.717) is 11.1 Å². The first-order chi connectivity index (χ1) is 17.5. The molecule has 0 aromatic heterocycles. The lowest BCUT2D eigenvalue weighted by Gasteiger charge is -2.53. The third-order valence-electron chi connectivity index (χ3n) is 8.73. The van der Waals surface area contributed by atoms with Gasteiger partial charge in [-0.3, -0.25) is 19.3 Å². The molecule has 206 valence electrons. The van der Waals surface area contributed by atoms with E-state index in [-0.39, 0.29) is 16.9 Å². The lowest BCUT2D eigenvalue weighted by atomic mass is 9.54. The molecule has 0 heterocycles. The number of phenolic OH excluding ortho intramolecular Hbond substituents is 1. The summed E-state index contributed by atoms with van der Waals surface area (Å²) in [6.45, 7) is 7.63. The molecule has 1 saturated carbocycles. The van der Waals surface area contributed by atoms with E-state index in [1.54, 1.807) is 19.1 Å². The molecule has 1 amide bonds. The largest absolute Gasteiger partial charge is 0.508 e. The predicted octanol–water partition coefficient (Wildman–Crippen LogP) is 1.57. The fourth-order valence-corrected chi connectivity index (χ4v) is 6.92. The van der Waals surface area contributed by atoms with Crippen molar-refractivity contribution in [3.63, 3.8) is 0 Å². The van der Waals surface area contributed by atoms with E-state index in [4.69, 9.17) is 5.73 Å².